The summed E-state index contributed by atoms with van der Waals surface area (Å²) in [4.78, 5) is 10.1. The van der Waals surface area contributed by atoms with Gasteiger partial charge in [0, 0.05) is 51.4 Å². The van der Waals surface area contributed by atoms with E-state index in [0.717, 1.165) is 30.6 Å². The van der Waals surface area contributed by atoms with Gasteiger partial charge in [0.1, 0.15) is 0 Å². The van der Waals surface area contributed by atoms with Crippen molar-refractivity contribution in [3.63, 3.8) is 0 Å². The van der Waals surface area contributed by atoms with Crippen LogP contribution in [0, 0.1) is 0 Å². The van der Waals surface area contributed by atoms with Crippen molar-refractivity contribution < 1.29 is 0 Å². The van der Waals surface area contributed by atoms with Crippen LogP contribution in [0.5, 0.6) is 0 Å². The summed E-state index contributed by atoms with van der Waals surface area (Å²) in [6, 6.07) is 12.7. The van der Waals surface area contributed by atoms with Crippen molar-refractivity contribution in [1.82, 2.24) is 14.3 Å². The van der Waals surface area contributed by atoms with Crippen molar-refractivity contribution in [2.75, 3.05) is 0 Å². The van der Waals surface area contributed by atoms with Crippen LogP contribution in [0.2, 0.25) is 0 Å². The van der Waals surface area contributed by atoms with E-state index in [0.29, 0.717) is 5.92 Å². The maximum absolute atomic E-state index is 4.55. The molecule has 1 unspecified atom stereocenters. The number of halogens is 1. The van der Waals surface area contributed by atoms with Gasteiger partial charge in [-0.1, -0.05) is 68.3 Å². The van der Waals surface area contributed by atoms with Gasteiger partial charge in [-0.2, -0.15) is 0 Å². The highest BCUT2D eigenvalue weighted by Crippen LogP contribution is 2.40. The Morgan fingerprint density at radius 1 is 1.09 bits per heavy atom. The lowest BCUT2D eigenvalue weighted by molar-refractivity contribution is 0.800. The molecule has 170 valence electrons. The fraction of sp³-hybridized carbons (Fsp3) is 0.333. The molecule has 1 aliphatic rings. The van der Waals surface area contributed by atoms with Gasteiger partial charge in [0.2, 0.25) is 0 Å². The quantitative estimate of drug-likeness (QED) is 0.350. The lowest BCUT2D eigenvalue weighted by Gasteiger charge is -2.21. The summed E-state index contributed by atoms with van der Waals surface area (Å²) in [5, 5.41) is 0. The lowest BCUT2D eigenvalue weighted by Crippen LogP contribution is -2.04. The summed E-state index contributed by atoms with van der Waals surface area (Å²) >= 11 is 4.92. The third kappa shape index (κ3) is 7.22. The summed E-state index contributed by atoms with van der Waals surface area (Å²) in [6.07, 6.45) is 10.4. The third-order valence-corrected chi connectivity index (χ3v) is 6.66. The number of thiazole rings is 1. The van der Waals surface area contributed by atoms with Gasteiger partial charge in [-0.25, -0.2) is 4.98 Å². The summed E-state index contributed by atoms with van der Waals surface area (Å²) in [5.74, 6) is 0.465. The molecule has 1 atom stereocenters. The first-order valence-corrected chi connectivity index (χ1v) is 12.9. The molecule has 0 radical (unpaired) electrons. The number of benzene rings is 1. The van der Waals surface area contributed by atoms with Gasteiger partial charge < -0.3 is 0 Å². The third-order valence-electron chi connectivity index (χ3n) is 5.43. The number of hydrogen-bond acceptors (Lipinski definition) is 4. The molecule has 1 aliphatic carbocycles. The summed E-state index contributed by atoms with van der Waals surface area (Å²) in [5.41, 5.74) is 9.67. The van der Waals surface area contributed by atoms with Crippen molar-refractivity contribution in [2.45, 2.75) is 59.9 Å². The zero-order valence-corrected chi connectivity index (χ0v) is 22.1. The molecule has 1 N–H and O–H groups in total. The molecule has 2 aromatic heterocycles. The standard InChI is InChI=1S/C16H16N2S.C9H12BrN.C2H6/c1-11-5-3-7-14(12(11)2)16-15(18-10-19-16)13-6-4-8-17-9-13;1-2-8-3-5-9(6-4-8)7-11-10;1-2/h3-6,8-10,14H,7H2,1-2H3;3-6,11H,2,7H2,1H3;1-2H3. The molecule has 3 aromatic rings. The molecule has 2 heterocycles. The number of hydrogen-bond donors (Lipinski definition) is 1. The van der Waals surface area contributed by atoms with Crippen molar-refractivity contribution in [3.8, 4) is 11.3 Å². The molecule has 32 heavy (non-hydrogen) atoms. The number of allylic oxidation sites excluding steroid dienone is 4. The van der Waals surface area contributed by atoms with Crippen molar-refractivity contribution in [1.29, 1.82) is 0 Å². The normalized spacial score (nSPS) is 14.9. The van der Waals surface area contributed by atoms with Crippen LogP contribution in [-0.4, -0.2) is 9.97 Å². The first kappa shape index (κ1) is 26.2. The molecule has 3 nitrogen and oxygen atoms in total. The predicted molar refractivity (Wildman–Crippen MR) is 143 cm³/mol. The van der Waals surface area contributed by atoms with Crippen LogP contribution in [-0.2, 0) is 13.0 Å². The number of nitrogens with one attached hydrogen (secondary N) is 1. The Kier molecular flexibility index (Phi) is 11.6. The Hall–Kier alpha value is -2.08. The van der Waals surface area contributed by atoms with Crippen LogP contribution < -0.4 is 4.34 Å². The summed E-state index contributed by atoms with van der Waals surface area (Å²) < 4.78 is 2.93. The van der Waals surface area contributed by atoms with Crippen LogP contribution in [0.4, 0.5) is 0 Å². The minimum Gasteiger partial charge on any atom is -0.264 e. The van der Waals surface area contributed by atoms with E-state index in [1.54, 1.807) is 17.5 Å². The molecule has 0 amide bonds. The van der Waals surface area contributed by atoms with Crippen LogP contribution in [0.25, 0.3) is 11.3 Å². The van der Waals surface area contributed by atoms with E-state index in [-0.39, 0.29) is 0 Å². The van der Waals surface area contributed by atoms with Crippen molar-refractivity contribution in [3.05, 3.63) is 93.6 Å². The van der Waals surface area contributed by atoms with E-state index >= 15 is 0 Å². The number of pyridine rings is 1. The molecule has 0 saturated heterocycles. The highest BCUT2D eigenvalue weighted by atomic mass is 79.9. The average Bonchev–Trinajstić information content (AvgIpc) is 3.34. The smallest absolute Gasteiger partial charge is 0.0864 e. The second kappa shape index (κ2) is 14.1. The highest BCUT2D eigenvalue weighted by molar-refractivity contribution is 9.08. The highest BCUT2D eigenvalue weighted by Gasteiger charge is 2.22. The van der Waals surface area contributed by atoms with E-state index in [4.69, 9.17) is 0 Å². The molecule has 0 saturated carbocycles. The Labute approximate surface area is 206 Å². The molecular weight excluding hydrogens is 478 g/mol. The summed E-state index contributed by atoms with van der Waals surface area (Å²) in [7, 11) is 0. The molecular formula is C27H34BrN3S. The van der Waals surface area contributed by atoms with Gasteiger partial charge >= 0.3 is 0 Å². The molecule has 0 bridgehead atoms. The van der Waals surface area contributed by atoms with Crippen LogP contribution >= 0.6 is 27.5 Å². The lowest BCUT2D eigenvalue weighted by atomic mass is 9.86. The largest absolute Gasteiger partial charge is 0.264 e. The van der Waals surface area contributed by atoms with E-state index in [2.05, 4.69) is 93.7 Å². The predicted octanol–water partition coefficient (Wildman–Crippen LogP) is 8.26. The molecule has 4 rings (SSSR count). The number of aryl methyl sites for hydroxylation is 1. The van der Waals surface area contributed by atoms with E-state index in [1.165, 1.54) is 27.2 Å². The fourth-order valence-electron chi connectivity index (χ4n) is 3.46. The zero-order chi connectivity index (χ0) is 23.3. The molecule has 1 aromatic carbocycles. The Bertz CT molecular complexity index is 991. The van der Waals surface area contributed by atoms with Crippen LogP contribution in [0.15, 0.2) is 77.6 Å². The van der Waals surface area contributed by atoms with Crippen molar-refractivity contribution in [2.24, 2.45) is 0 Å². The maximum atomic E-state index is 4.55. The zero-order valence-electron chi connectivity index (χ0n) is 19.7. The van der Waals surface area contributed by atoms with E-state index in [9.17, 15) is 0 Å². The molecule has 0 aliphatic heterocycles. The Balaban J connectivity index is 0.000000239. The monoisotopic (exact) mass is 511 g/mol. The van der Waals surface area contributed by atoms with Gasteiger partial charge in [0.25, 0.3) is 0 Å². The second-order valence-electron chi connectivity index (χ2n) is 7.34. The van der Waals surface area contributed by atoms with Crippen LogP contribution in [0.1, 0.15) is 63.0 Å². The molecule has 0 fully saturated rings. The minimum atomic E-state index is 0.465. The number of nitrogens with zero attached hydrogens (tertiary/aromatic N) is 2. The average molecular weight is 513 g/mol. The van der Waals surface area contributed by atoms with Gasteiger partial charge in [-0.3, -0.25) is 9.33 Å². The Morgan fingerprint density at radius 2 is 1.81 bits per heavy atom. The number of aromatic nitrogens is 2. The SMILES string of the molecule is CC.CC1=C(C)C(c2scnc2-c2cccnc2)CC=C1.CCc1ccc(CNBr)cc1. The second-order valence-corrected chi connectivity index (χ2v) is 8.79. The van der Waals surface area contributed by atoms with Crippen molar-refractivity contribution >= 4 is 27.5 Å². The first-order chi connectivity index (χ1) is 15.6. The van der Waals surface area contributed by atoms with Gasteiger partial charge in [0.05, 0.1) is 11.2 Å². The van der Waals surface area contributed by atoms with Crippen LogP contribution in [0.3, 0.4) is 0 Å². The van der Waals surface area contributed by atoms with E-state index in [1.807, 2.05) is 31.6 Å². The maximum Gasteiger partial charge on any atom is 0.0864 e. The summed E-state index contributed by atoms with van der Waals surface area (Å²) in [6.45, 7) is 11.5. The fourth-order valence-corrected chi connectivity index (χ4v) is 4.77. The van der Waals surface area contributed by atoms with E-state index < -0.39 is 0 Å². The van der Waals surface area contributed by atoms with Gasteiger partial charge in [-0.15, -0.1) is 11.3 Å². The van der Waals surface area contributed by atoms with Gasteiger partial charge in [-0.05, 0) is 49.9 Å². The minimum absolute atomic E-state index is 0.465. The number of rotatable bonds is 5. The molecule has 0 spiro atoms. The van der Waals surface area contributed by atoms with Gasteiger partial charge in [0.15, 0.2) is 0 Å². The molecule has 5 heteroatoms. The Morgan fingerprint density at radius 3 is 2.44 bits per heavy atom. The topological polar surface area (TPSA) is 37.8 Å². The first-order valence-electron chi connectivity index (χ1n) is 11.2.